The smallest absolute Gasteiger partial charge is 0.407 e. The van der Waals surface area contributed by atoms with Gasteiger partial charge in [0.2, 0.25) is 0 Å². The highest BCUT2D eigenvalue weighted by atomic mass is 28.3. The molecular formula is C19H29NO2Si. The van der Waals surface area contributed by atoms with E-state index in [9.17, 15) is 4.79 Å². The van der Waals surface area contributed by atoms with Crippen molar-refractivity contribution in [1.29, 1.82) is 0 Å². The predicted molar refractivity (Wildman–Crippen MR) is 99.3 cm³/mol. The molecule has 0 saturated heterocycles. The van der Waals surface area contributed by atoms with Gasteiger partial charge < -0.3 is 10.1 Å². The quantitative estimate of drug-likeness (QED) is 0.652. The number of ether oxygens (including phenoxy) is 1. The van der Waals surface area contributed by atoms with Gasteiger partial charge in [0.25, 0.3) is 0 Å². The fourth-order valence-corrected chi connectivity index (χ4v) is 2.34. The van der Waals surface area contributed by atoms with Gasteiger partial charge in [-0.1, -0.05) is 44.6 Å². The normalized spacial score (nSPS) is 12.8. The minimum Gasteiger partial charge on any atom is -0.444 e. The Labute approximate surface area is 141 Å². The van der Waals surface area contributed by atoms with E-state index in [1.807, 2.05) is 32.9 Å². The zero-order valence-corrected chi connectivity index (χ0v) is 16.4. The van der Waals surface area contributed by atoms with E-state index < -0.39 is 13.7 Å². The van der Waals surface area contributed by atoms with Crippen molar-refractivity contribution in [3.63, 3.8) is 0 Å². The van der Waals surface area contributed by atoms with Gasteiger partial charge in [0.15, 0.2) is 0 Å². The van der Waals surface area contributed by atoms with Crippen LogP contribution in [0.25, 0.3) is 0 Å². The summed E-state index contributed by atoms with van der Waals surface area (Å²) in [6.07, 6.45) is -0.373. The highest BCUT2D eigenvalue weighted by Gasteiger charge is 2.16. The molecule has 0 saturated carbocycles. The highest BCUT2D eigenvalue weighted by Crippen LogP contribution is 2.15. The van der Waals surface area contributed by atoms with Crippen LogP contribution < -0.4 is 5.32 Å². The maximum absolute atomic E-state index is 11.7. The van der Waals surface area contributed by atoms with Crippen molar-refractivity contribution >= 4 is 14.2 Å². The summed E-state index contributed by atoms with van der Waals surface area (Å²) in [6.45, 7) is 14.9. The van der Waals surface area contributed by atoms with Gasteiger partial charge in [-0.05, 0) is 44.4 Å². The summed E-state index contributed by atoms with van der Waals surface area (Å²) in [5.74, 6) is 3.47. The summed E-state index contributed by atoms with van der Waals surface area (Å²) >= 11 is 0. The Morgan fingerprint density at radius 1 is 1.22 bits per heavy atom. The fourth-order valence-electron chi connectivity index (χ4n) is 1.82. The zero-order valence-electron chi connectivity index (χ0n) is 15.4. The molecule has 0 spiro atoms. The van der Waals surface area contributed by atoms with Gasteiger partial charge in [-0.2, -0.15) is 0 Å². The lowest BCUT2D eigenvalue weighted by Gasteiger charge is -2.21. The number of benzene rings is 1. The zero-order chi connectivity index (χ0) is 17.7. The number of hydrogen-bond donors (Lipinski definition) is 1. The molecule has 4 heteroatoms. The topological polar surface area (TPSA) is 38.3 Å². The van der Waals surface area contributed by atoms with E-state index in [0.717, 1.165) is 5.56 Å². The molecule has 1 amide bonds. The van der Waals surface area contributed by atoms with E-state index in [-0.39, 0.29) is 12.0 Å². The molecule has 0 heterocycles. The predicted octanol–water partition coefficient (Wildman–Crippen LogP) is 4.54. The van der Waals surface area contributed by atoms with Gasteiger partial charge in [-0.15, -0.1) is 5.54 Å². The molecule has 1 N–H and O–H groups in total. The molecule has 0 aliphatic carbocycles. The summed E-state index contributed by atoms with van der Waals surface area (Å²) in [6, 6.07) is 8.25. The molecule has 0 bridgehead atoms. The monoisotopic (exact) mass is 331 g/mol. The van der Waals surface area contributed by atoms with Crippen LogP contribution in [0.5, 0.6) is 0 Å². The average molecular weight is 332 g/mol. The lowest BCUT2D eigenvalue weighted by molar-refractivity contribution is 0.0525. The van der Waals surface area contributed by atoms with Crippen molar-refractivity contribution in [3.8, 4) is 11.5 Å². The Morgan fingerprint density at radius 2 is 1.78 bits per heavy atom. The number of carbonyl (C=O) groups excluding carboxylic acids is 1. The van der Waals surface area contributed by atoms with E-state index in [2.05, 4.69) is 55.5 Å². The largest absolute Gasteiger partial charge is 0.444 e. The highest BCUT2D eigenvalue weighted by molar-refractivity contribution is 6.83. The number of carbonyl (C=O) groups is 1. The fraction of sp³-hybridized carbons (Fsp3) is 0.526. The summed E-state index contributed by atoms with van der Waals surface area (Å²) in [5.41, 5.74) is 5.12. The van der Waals surface area contributed by atoms with Crippen molar-refractivity contribution in [2.75, 3.05) is 6.54 Å². The van der Waals surface area contributed by atoms with Crippen molar-refractivity contribution in [2.45, 2.75) is 58.9 Å². The van der Waals surface area contributed by atoms with Gasteiger partial charge in [0.1, 0.15) is 13.7 Å². The first-order chi connectivity index (χ1) is 10.5. The van der Waals surface area contributed by atoms with E-state index in [0.29, 0.717) is 6.54 Å². The molecule has 0 radical (unpaired) electrons. The third-order valence-corrected chi connectivity index (χ3v) is 3.89. The van der Waals surface area contributed by atoms with Crippen molar-refractivity contribution in [3.05, 3.63) is 35.4 Å². The van der Waals surface area contributed by atoms with E-state index in [4.69, 9.17) is 4.74 Å². The molecular weight excluding hydrogens is 302 g/mol. The van der Waals surface area contributed by atoms with Gasteiger partial charge in [-0.3, -0.25) is 0 Å². The van der Waals surface area contributed by atoms with Crippen LogP contribution in [0.2, 0.25) is 19.6 Å². The van der Waals surface area contributed by atoms with Crippen LogP contribution in [0, 0.1) is 11.5 Å². The number of hydrogen-bond acceptors (Lipinski definition) is 2. The number of alkyl carbamates (subject to hydrolysis) is 1. The Hall–Kier alpha value is -1.73. The molecule has 3 nitrogen and oxygen atoms in total. The molecule has 1 atom stereocenters. The van der Waals surface area contributed by atoms with Crippen LogP contribution in [0.15, 0.2) is 24.3 Å². The van der Waals surface area contributed by atoms with E-state index in [1.54, 1.807) is 0 Å². The van der Waals surface area contributed by atoms with Crippen molar-refractivity contribution in [2.24, 2.45) is 0 Å². The van der Waals surface area contributed by atoms with Crippen molar-refractivity contribution < 1.29 is 9.53 Å². The molecule has 0 fully saturated rings. The van der Waals surface area contributed by atoms with Crippen LogP contribution in [0.4, 0.5) is 4.79 Å². The first kappa shape index (κ1) is 19.3. The van der Waals surface area contributed by atoms with Crippen LogP contribution in [0.3, 0.4) is 0 Å². The minimum absolute atomic E-state index is 0.224. The van der Waals surface area contributed by atoms with Crippen LogP contribution in [0.1, 0.15) is 44.7 Å². The third kappa shape index (κ3) is 8.46. The molecule has 1 aromatic rings. The summed E-state index contributed by atoms with van der Waals surface area (Å²) in [7, 11) is -1.34. The van der Waals surface area contributed by atoms with Gasteiger partial charge >= 0.3 is 6.09 Å². The second-order valence-electron chi connectivity index (χ2n) is 7.91. The molecule has 23 heavy (non-hydrogen) atoms. The summed E-state index contributed by atoms with van der Waals surface area (Å²) < 4.78 is 5.24. The number of amides is 1. The minimum atomic E-state index is -1.34. The molecule has 1 rings (SSSR count). The molecule has 0 aliphatic rings. The Balaban J connectivity index is 2.59. The lowest BCUT2D eigenvalue weighted by atomic mass is 10.00. The molecule has 0 aliphatic heterocycles. The Morgan fingerprint density at radius 3 is 2.26 bits per heavy atom. The van der Waals surface area contributed by atoms with Crippen LogP contribution in [-0.2, 0) is 4.74 Å². The molecule has 1 unspecified atom stereocenters. The lowest BCUT2D eigenvalue weighted by Crippen LogP contribution is -2.34. The number of nitrogens with one attached hydrogen (secondary N) is 1. The summed E-state index contributed by atoms with van der Waals surface area (Å²) in [5, 5.41) is 2.81. The molecule has 0 aromatic heterocycles. The average Bonchev–Trinajstić information content (AvgIpc) is 2.40. The van der Waals surface area contributed by atoms with Crippen molar-refractivity contribution in [1.82, 2.24) is 5.32 Å². The molecule has 1 aromatic carbocycles. The second-order valence-corrected chi connectivity index (χ2v) is 12.7. The SMILES string of the molecule is CC(CNC(=O)OC(C)(C)C)c1ccc(C#C[Si](C)(C)C)cc1. The summed E-state index contributed by atoms with van der Waals surface area (Å²) in [4.78, 5) is 11.7. The van der Waals surface area contributed by atoms with Crippen LogP contribution >= 0.6 is 0 Å². The first-order valence-electron chi connectivity index (χ1n) is 8.06. The van der Waals surface area contributed by atoms with Gasteiger partial charge in [0, 0.05) is 12.1 Å². The Kier molecular flexibility index (Phi) is 6.46. The second kappa shape index (κ2) is 7.70. The maximum Gasteiger partial charge on any atom is 0.407 e. The van der Waals surface area contributed by atoms with Gasteiger partial charge in [-0.25, -0.2) is 4.79 Å². The first-order valence-corrected chi connectivity index (χ1v) is 11.6. The van der Waals surface area contributed by atoms with Crippen LogP contribution in [-0.4, -0.2) is 26.3 Å². The van der Waals surface area contributed by atoms with E-state index in [1.165, 1.54) is 5.56 Å². The molecule has 126 valence electrons. The Bertz CT molecular complexity index is 583. The van der Waals surface area contributed by atoms with E-state index >= 15 is 0 Å². The maximum atomic E-state index is 11.7. The van der Waals surface area contributed by atoms with Gasteiger partial charge in [0.05, 0.1) is 0 Å². The third-order valence-electron chi connectivity index (χ3n) is 3.01. The standard InChI is InChI=1S/C19H29NO2Si/c1-15(14-20-18(21)22-19(2,3)4)17-10-8-16(9-11-17)12-13-23(5,6)7/h8-11,15H,14H2,1-7H3,(H,20,21). The number of rotatable bonds is 3.